The Bertz CT molecular complexity index is 961. The Morgan fingerprint density at radius 1 is 1.14 bits per heavy atom. The highest BCUT2D eigenvalue weighted by atomic mass is 16.3. The lowest BCUT2D eigenvalue weighted by Gasteiger charge is -2.07. The van der Waals surface area contributed by atoms with Crippen molar-refractivity contribution < 1.29 is 4.42 Å². The van der Waals surface area contributed by atoms with Gasteiger partial charge in [-0.1, -0.05) is 12.1 Å². The molecule has 0 radical (unpaired) electrons. The number of furan rings is 1. The average molecular weight is 290 g/mol. The van der Waals surface area contributed by atoms with Crippen LogP contribution in [0.3, 0.4) is 0 Å². The van der Waals surface area contributed by atoms with Crippen LogP contribution in [0.5, 0.6) is 0 Å². The number of hydrogen-bond donors (Lipinski definition) is 1. The largest absolute Gasteiger partial charge is 0.450 e. The quantitative estimate of drug-likeness (QED) is 0.623. The third-order valence-corrected chi connectivity index (χ3v) is 3.74. The van der Waals surface area contributed by atoms with Crippen LogP contribution in [-0.4, -0.2) is 15.0 Å². The Balaban J connectivity index is 1.74. The predicted molar refractivity (Wildman–Crippen MR) is 85.6 cm³/mol. The van der Waals surface area contributed by atoms with E-state index in [0.29, 0.717) is 17.9 Å². The van der Waals surface area contributed by atoms with E-state index in [2.05, 4.69) is 20.3 Å². The second-order valence-electron chi connectivity index (χ2n) is 5.15. The van der Waals surface area contributed by atoms with E-state index in [4.69, 9.17) is 4.42 Å². The van der Waals surface area contributed by atoms with Gasteiger partial charge >= 0.3 is 0 Å². The average Bonchev–Trinajstić information content (AvgIpc) is 2.93. The molecule has 1 N–H and O–H groups in total. The third kappa shape index (κ3) is 2.07. The number of aromatic nitrogens is 3. The molecule has 0 fully saturated rings. The summed E-state index contributed by atoms with van der Waals surface area (Å²) in [6.07, 6.45) is 5.21. The van der Waals surface area contributed by atoms with Crippen LogP contribution in [-0.2, 0) is 6.54 Å². The van der Waals surface area contributed by atoms with E-state index in [1.165, 1.54) is 5.56 Å². The van der Waals surface area contributed by atoms with Crippen molar-refractivity contribution in [3.8, 4) is 0 Å². The molecule has 0 aliphatic carbocycles. The van der Waals surface area contributed by atoms with Gasteiger partial charge in [0.1, 0.15) is 17.4 Å². The van der Waals surface area contributed by atoms with Crippen LogP contribution in [0.4, 0.5) is 5.82 Å². The second-order valence-corrected chi connectivity index (χ2v) is 5.15. The van der Waals surface area contributed by atoms with Gasteiger partial charge in [0.05, 0.1) is 0 Å². The number of pyridine rings is 1. The van der Waals surface area contributed by atoms with Gasteiger partial charge in [-0.15, -0.1) is 0 Å². The van der Waals surface area contributed by atoms with Crippen molar-refractivity contribution in [3.63, 3.8) is 0 Å². The van der Waals surface area contributed by atoms with Gasteiger partial charge in [0.25, 0.3) is 0 Å². The molecule has 0 bridgehead atoms. The summed E-state index contributed by atoms with van der Waals surface area (Å²) in [6, 6.07) is 9.87. The normalized spacial score (nSPS) is 11.1. The number of anilines is 1. The van der Waals surface area contributed by atoms with Gasteiger partial charge in [-0.3, -0.25) is 4.98 Å². The molecule has 0 aliphatic rings. The van der Waals surface area contributed by atoms with Crippen LogP contribution < -0.4 is 5.32 Å². The molecule has 0 unspecified atom stereocenters. The van der Waals surface area contributed by atoms with Gasteiger partial charge in [0.2, 0.25) is 0 Å². The Hall–Kier alpha value is -2.95. The molecule has 3 heterocycles. The topological polar surface area (TPSA) is 63.8 Å². The molecule has 4 aromatic rings. The SMILES string of the molecule is Cc1cnccc1CNc1ncnc2c1oc1ccccc12. The van der Waals surface area contributed by atoms with E-state index in [1.54, 1.807) is 12.5 Å². The minimum atomic E-state index is 0.664. The molecule has 0 spiro atoms. The number of hydrogen-bond acceptors (Lipinski definition) is 5. The lowest BCUT2D eigenvalue weighted by molar-refractivity contribution is 0.666. The number of para-hydroxylation sites is 1. The van der Waals surface area contributed by atoms with Crippen LogP contribution in [0.2, 0.25) is 0 Å². The number of nitrogens with one attached hydrogen (secondary N) is 1. The van der Waals surface area contributed by atoms with Crippen molar-refractivity contribution in [2.24, 2.45) is 0 Å². The monoisotopic (exact) mass is 290 g/mol. The van der Waals surface area contributed by atoms with Crippen LogP contribution in [0.25, 0.3) is 22.1 Å². The fraction of sp³-hybridized carbons (Fsp3) is 0.118. The number of aryl methyl sites for hydroxylation is 1. The van der Waals surface area contributed by atoms with Crippen molar-refractivity contribution in [1.82, 2.24) is 15.0 Å². The summed E-state index contributed by atoms with van der Waals surface area (Å²) in [5, 5.41) is 4.34. The molecule has 1 aromatic carbocycles. The molecular formula is C17H14N4O. The molecule has 5 nitrogen and oxygen atoms in total. The lowest BCUT2D eigenvalue weighted by atomic mass is 10.1. The zero-order chi connectivity index (χ0) is 14.9. The van der Waals surface area contributed by atoms with Crippen LogP contribution in [0.15, 0.2) is 53.5 Å². The fourth-order valence-electron chi connectivity index (χ4n) is 2.53. The maximum Gasteiger partial charge on any atom is 0.196 e. The zero-order valence-corrected chi connectivity index (χ0v) is 12.1. The molecule has 5 heteroatoms. The molecule has 0 saturated heterocycles. The van der Waals surface area contributed by atoms with E-state index < -0.39 is 0 Å². The van der Waals surface area contributed by atoms with Crippen LogP contribution >= 0.6 is 0 Å². The summed E-state index contributed by atoms with van der Waals surface area (Å²) < 4.78 is 5.90. The highest BCUT2D eigenvalue weighted by Gasteiger charge is 2.12. The highest BCUT2D eigenvalue weighted by molar-refractivity contribution is 6.05. The fourth-order valence-corrected chi connectivity index (χ4v) is 2.53. The second kappa shape index (κ2) is 5.11. The molecular weight excluding hydrogens is 276 g/mol. The first-order valence-corrected chi connectivity index (χ1v) is 7.08. The minimum absolute atomic E-state index is 0.664. The summed E-state index contributed by atoms with van der Waals surface area (Å²) in [7, 11) is 0. The van der Waals surface area contributed by atoms with Gasteiger partial charge in [-0.05, 0) is 36.2 Å². The maximum atomic E-state index is 5.90. The molecule has 4 rings (SSSR count). The van der Waals surface area contributed by atoms with Gasteiger partial charge in [-0.2, -0.15) is 0 Å². The van der Waals surface area contributed by atoms with Crippen LogP contribution in [0.1, 0.15) is 11.1 Å². The number of rotatable bonds is 3. The Labute approximate surface area is 127 Å². The summed E-state index contributed by atoms with van der Waals surface area (Å²) in [5.41, 5.74) is 4.67. The van der Waals surface area contributed by atoms with Crippen molar-refractivity contribution in [2.45, 2.75) is 13.5 Å². The van der Waals surface area contributed by atoms with E-state index in [9.17, 15) is 0 Å². The molecule has 3 aromatic heterocycles. The maximum absolute atomic E-state index is 5.90. The van der Waals surface area contributed by atoms with E-state index in [0.717, 1.165) is 22.0 Å². The first kappa shape index (κ1) is 12.8. The van der Waals surface area contributed by atoms with Crippen LogP contribution in [0, 0.1) is 6.92 Å². The molecule has 22 heavy (non-hydrogen) atoms. The number of nitrogens with zero attached hydrogens (tertiary/aromatic N) is 3. The number of fused-ring (bicyclic) bond motifs is 3. The van der Waals surface area contributed by atoms with Gasteiger partial charge < -0.3 is 9.73 Å². The standard InChI is InChI=1S/C17H14N4O/c1-11-8-18-7-6-12(11)9-19-17-16-15(20-10-21-17)13-4-2-3-5-14(13)22-16/h2-8,10H,9H2,1H3,(H,19,20,21). The molecule has 0 saturated carbocycles. The summed E-state index contributed by atoms with van der Waals surface area (Å²) in [6.45, 7) is 2.71. The molecule has 108 valence electrons. The van der Waals surface area contributed by atoms with Gasteiger partial charge in [0.15, 0.2) is 11.4 Å². The van der Waals surface area contributed by atoms with Crippen molar-refractivity contribution in [1.29, 1.82) is 0 Å². The van der Waals surface area contributed by atoms with Crippen molar-refractivity contribution in [3.05, 3.63) is 60.2 Å². The minimum Gasteiger partial charge on any atom is -0.450 e. The first-order chi connectivity index (χ1) is 10.8. The predicted octanol–water partition coefficient (Wildman–Crippen LogP) is 3.69. The van der Waals surface area contributed by atoms with E-state index in [1.807, 2.05) is 43.5 Å². The van der Waals surface area contributed by atoms with Gasteiger partial charge in [0, 0.05) is 24.3 Å². The smallest absolute Gasteiger partial charge is 0.196 e. The summed E-state index contributed by atoms with van der Waals surface area (Å²) in [5.74, 6) is 0.706. The molecule has 0 atom stereocenters. The number of benzene rings is 1. The van der Waals surface area contributed by atoms with Gasteiger partial charge in [-0.25, -0.2) is 9.97 Å². The first-order valence-electron chi connectivity index (χ1n) is 7.08. The molecule has 0 aliphatic heterocycles. The molecule has 0 amide bonds. The Morgan fingerprint density at radius 3 is 2.95 bits per heavy atom. The Morgan fingerprint density at radius 2 is 2.05 bits per heavy atom. The Kier molecular flexibility index (Phi) is 2.96. The lowest BCUT2D eigenvalue weighted by Crippen LogP contribution is -2.03. The summed E-state index contributed by atoms with van der Waals surface area (Å²) in [4.78, 5) is 12.8. The summed E-state index contributed by atoms with van der Waals surface area (Å²) >= 11 is 0. The van der Waals surface area contributed by atoms with E-state index >= 15 is 0 Å². The highest BCUT2D eigenvalue weighted by Crippen LogP contribution is 2.30. The van der Waals surface area contributed by atoms with Crippen molar-refractivity contribution in [2.75, 3.05) is 5.32 Å². The van der Waals surface area contributed by atoms with E-state index in [-0.39, 0.29) is 0 Å². The third-order valence-electron chi connectivity index (χ3n) is 3.74. The zero-order valence-electron chi connectivity index (χ0n) is 12.1. The van der Waals surface area contributed by atoms with Crippen molar-refractivity contribution >= 4 is 27.9 Å².